The van der Waals surface area contributed by atoms with Crippen molar-refractivity contribution < 1.29 is 0 Å². The first kappa shape index (κ1) is 10.5. The quantitative estimate of drug-likeness (QED) is 0.785. The summed E-state index contributed by atoms with van der Waals surface area (Å²) in [5, 5.41) is 0. The molecule has 0 radical (unpaired) electrons. The second kappa shape index (κ2) is 4.68. The van der Waals surface area contributed by atoms with Crippen LogP contribution in [0.15, 0.2) is 12.4 Å². The fraction of sp³-hybridized carbons (Fsp3) is 0.636. The number of aryl methyl sites for hydroxylation is 1. The molecule has 2 N–H and O–H groups in total. The van der Waals surface area contributed by atoms with Gasteiger partial charge in [0.05, 0.1) is 11.4 Å². The molecule has 0 bridgehead atoms. The van der Waals surface area contributed by atoms with E-state index in [2.05, 4.69) is 21.8 Å². The smallest absolute Gasteiger partial charge is 0.0730 e. The average Bonchev–Trinajstić information content (AvgIpc) is 2.64. The first-order valence-corrected chi connectivity index (χ1v) is 5.55. The summed E-state index contributed by atoms with van der Waals surface area (Å²) in [4.78, 5) is 11.1. The Labute approximate surface area is 90.5 Å². The monoisotopic (exact) mass is 206 g/mol. The predicted octanol–water partition coefficient (Wildman–Crippen LogP) is 0.572. The fourth-order valence-corrected chi connectivity index (χ4v) is 1.93. The molecule has 1 atom stereocenters. The Kier molecular flexibility index (Phi) is 3.28. The van der Waals surface area contributed by atoms with Gasteiger partial charge in [0.25, 0.3) is 0 Å². The minimum Gasteiger partial charge on any atom is -0.326 e. The van der Waals surface area contributed by atoms with Gasteiger partial charge in [0.15, 0.2) is 0 Å². The summed E-state index contributed by atoms with van der Waals surface area (Å²) < 4.78 is 0. The molecular formula is C11H18N4. The van der Waals surface area contributed by atoms with Gasteiger partial charge < -0.3 is 5.73 Å². The molecule has 1 saturated heterocycles. The maximum Gasteiger partial charge on any atom is 0.0730 e. The highest BCUT2D eigenvalue weighted by molar-refractivity contribution is 5.03. The van der Waals surface area contributed by atoms with Crippen molar-refractivity contribution in [1.82, 2.24) is 14.9 Å². The van der Waals surface area contributed by atoms with Crippen LogP contribution in [0.4, 0.5) is 0 Å². The van der Waals surface area contributed by atoms with E-state index in [0.29, 0.717) is 6.04 Å². The van der Waals surface area contributed by atoms with Crippen molar-refractivity contribution in [1.29, 1.82) is 0 Å². The lowest BCUT2D eigenvalue weighted by molar-refractivity contribution is 0.322. The molecule has 0 spiro atoms. The Morgan fingerprint density at radius 1 is 1.47 bits per heavy atom. The molecular weight excluding hydrogens is 188 g/mol. The van der Waals surface area contributed by atoms with E-state index in [1.807, 2.05) is 12.4 Å². The standard InChI is InChI=1S/C11H18N4/c1-2-10-5-13-6-11(14-10)8-15-4-3-9(12)7-15/h5-6,9H,2-4,7-8,12H2,1H3. The molecule has 1 aliphatic heterocycles. The van der Waals surface area contributed by atoms with Gasteiger partial charge in [0, 0.05) is 38.1 Å². The molecule has 1 unspecified atom stereocenters. The Morgan fingerprint density at radius 3 is 2.93 bits per heavy atom. The average molecular weight is 206 g/mol. The zero-order chi connectivity index (χ0) is 10.7. The minimum absolute atomic E-state index is 0.340. The third kappa shape index (κ3) is 2.73. The van der Waals surface area contributed by atoms with Gasteiger partial charge >= 0.3 is 0 Å². The lowest BCUT2D eigenvalue weighted by atomic mass is 10.3. The largest absolute Gasteiger partial charge is 0.326 e. The summed E-state index contributed by atoms with van der Waals surface area (Å²) in [6, 6.07) is 0.340. The van der Waals surface area contributed by atoms with Crippen molar-refractivity contribution in [2.24, 2.45) is 5.73 Å². The number of likely N-dealkylation sites (tertiary alicyclic amines) is 1. The van der Waals surface area contributed by atoms with Crippen LogP contribution < -0.4 is 5.73 Å². The highest BCUT2D eigenvalue weighted by atomic mass is 15.2. The molecule has 4 nitrogen and oxygen atoms in total. The van der Waals surface area contributed by atoms with Crippen molar-refractivity contribution in [3.63, 3.8) is 0 Å². The summed E-state index contributed by atoms with van der Waals surface area (Å²) in [6.45, 7) is 5.05. The van der Waals surface area contributed by atoms with Crippen LogP contribution in [-0.4, -0.2) is 34.0 Å². The second-order valence-corrected chi connectivity index (χ2v) is 4.14. The lowest BCUT2D eigenvalue weighted by Gasteiger charge is -2.14. The summed E-state index contributed by atoms with van der Waals surface area (Å²) in [5.41, 5.74) is 7.98. The zero-order valence-electron chi connectivity index (χ0n) is 9.19. The van der Waals surface area contributed by atoms with Crippen LogP contribution in [0.5, 0.6) is 0 Å². The maximum absolute atomic E-state index is 5.86. The topological polar surface area (TPSA) is 55.0 Å². The van der Waals surface area contributed by atoms with E-state index in [9.17, 15) is 0 Å². The Balaban J connectivity index is 1.98. The van der Waals surface area contributed by atoms with Crippen molar-refractivity contribution in [2.45, 2.75) is 32.4 Å². The summed E-state index contributed by atoms with van der Waals surface area (Å²) in [5.74, 6) is 0. The van der Waals surface area contributed by atoms with Crippen molar-refractivity contribution in [3.8, 4) is 0 Å². The summed E-state index contributed by atoms with van der Waals surface area (Å²) in [7, 11) is 0. The number of nitrogens with two attached hydrogens (primary N) is 1. The number of hydrogen-bond acceptors (Lipinski definition) is 4. The number of rotatable bonds is 3. The molecule has 0 saturated carbocycles. The van der Waals surface area contributed by atoms with E-state index >= 15 is 0 Å². The van der Waals surface area contributed by atoms with E-state index < -0.39 is 0 Å². The zero-order valence-corrected chi connectivity index (χ0v) is 9.19. The summed E-state index contributed by atoms with van der Waals surface area (Å²) >= 11 is 0. The van der Waals surface area contributed by atoms with Crippen LogP contribution in [0.3, 0.4) is 0 Å². The molecule has 2 rings (SSSR count). The van der Waals surface area contributed by atoms with Crippen LogP contribution in [-0.2, 0) is 13.0 Å². The van der Waals surface area contributed by atoms with E-state index in [1.165, 1.54) is 0 Å². The van der Waals surface area contributed by atoms with Crippen LogP contribution >= 0.6 is 0 Å². The Morgan fingerprint density at radius 2 is 2.27 bits per heavy atom. The van der Waals surface area contributed by atoms with E-state index in [1.54, 1.807) is 0 Å². The molecule has 0 aromatic carbocycles. The van der Waals surface area contributed by atoms with Gasteiger partial charge in [0.2, 0.25) is 0 Å². The predicted molar refractivity (Wildman–Crippen MR) is 59.3 cm³/mol. The number of nitrogens with zero attached hydrogens (tertiary/aromatic N) is 3. The highest BCUT2D eigenvalue weighted by Gasteiger charge is 2.19. The van der Waals surface area contributed by atoms with E-state index in [-0.39, 0.29) is 0 Å². The van der Waals surface area contributed by atoms with Gasteiger partial charge in [-0.1, -0.05) is 6.92 Å². The normalized spacial score (nSPS) is 22.1. The van der Waals surface area contributed by atoms with Crippen LogP contribution in [0.25, 0.3) is 0 Å². The van der Waals surface area contributed by atoms with Gasteiger partial charge in [-0.3, -0.25) is 14.9 Å². The first-order valence-electron chi connectivity index (χ1n) is 5.55. The third-order valence-electron chi connectivity index (χ3n) is 2.79. The molecule has 15 heavy (non-hydrogen) atoms. The molecule has 1 aromatic rings. The van der Waals surface area contributed by atoms with Crippen molar-refractivity contribution in [3.05, 3.63) is 23.8 Å². The first-order chi connectivity index (χ1) is 7.28. The molecule has 1 aliphatic rings. The lowest BCUT2D eigenvalue weighted by Crippen LogP contribution is -2.26. The minimum atomic E-state index is 0.340. The SMILES string of the molecule is CCc1cncc(CN2CCC(N)C2)n1. The van der Waals surface area contributed by atoms with E-state index in [0.717, 1.165) is 43.9 Å². The molecule has 2 heterocycles. The summed E-state index contributed by atoms with van der Waals surface area (Å²) in [6.07, 6.45) is 5.73. The van der Waals surface area contributed by atoms with Gasteiger partial charge in [-0.05, 0) is 12.8 Å². The van der Waals surface area contributed by atoms with E-state index in [4.69, 9.17) is 5.73 Å². The highest BCUT2D eigenvalue weighted by Crippen LogP contribution is 2.10. The van der Waals surface area contributed by atoms with Crippen LogP contribution in [0.2, 0.25) is 0 Å². The molecule has 4 heteroatoms. The van der Waals surface area contributed by atoms with Crippen molar-refractivity contribution in [2.75, 3.05) is 13.1 Å². The number of aromatic nitrogens is 2. The van der Waals surface area contributed by atoms with Gasteiger partial charge in [-0.25, -0.2) is 0 Å². The van der Waals surface area contributed by atoms with Crippen LogP contribution in [0.1, 0.15) is 24.7 Å². The van der Waals surface area contributed by atoms with Gasteiger partial charge in [-0.2, -0.15) is 0 Å². The van der Waals surface area contributed by atoms with Gasteiger partial charge in [-0.15, -0.1) is 0 Å². The molecule has 82 valence electrons. The molecule has 1 fully saturated rings. The van der Waals surface area contributed by atoms with Crippen LogP contribution in [0, 0.1) is 0 Å². The Bertz CT molecular complexity index is 326. The number of hydrogen-bond donors (Lipinski definition) is 1. The fourth-order valence-electron chi connectivity index (χ4n) is 1.93. The van der Waals surface area contributed by atoms with Gasteiger partial charge in [0.1, 0.15) is 0 Å². The maximum atomic E-state index is 5.86. The Hall–Kier alpha value is -1.00. The molecule has 0 amide bonds. The second-order valence-electron chi connectivity index (χ2n) is 4.14. The van der Waals surface area contributed by atoms with Crippen molar-refractivity contribution >= 4 is 0 Å². The molecule has 1 aromatic heterocycles. The third-order valence-corrected chi connectivity index (χ3v) is 2.79. The molecule has 0 aliphatic carbocycles.